The van der Waals surface area contributed by atoms with Crippen LogP contribution in [0.4, 0.5) is 6.01 Å². The number of aromatic nitrogens is 4. The lowest BCUT2D eigenvalue weighted by atomic mass is 9.89. The van der Waals surface area contributed by atoms with Gasteiger partial charge in [0.25, 0.3) is 0 Å². The molecule has 4 heterocycles. The van der Waals surface area contributed by atoms with Crippen LogP contribution < -0.4 is 11.1 Å². The number of H-pyrrole nitrogens is 1. The van der Waals surface area contributed by atoms with Crippen molar-refractivity contribution in [2.45, 2.75) is 32.1 Å². The van der Waals surface area contributed by atoms with Crippen molar-refractivity contribution in [3.8, 4) is 22.8 Å². The number of anilines is 1. The molecule has 4 N–H and O–H groups in total. The maximum absolute atomic E-state index is 5.56. The monoisotopic (exact) mass is 388 g/mol. The van der Waals surface area contributed by atoms with Crippen LogP contribution in [0.2, 0.25) is 0 Å². The molecule has 5 rings (SSSR count). The molecular formula is C22H24N6O. The smallest absolute Gasteiger partial charge is 0.319 e. The fourth-order valence-electron chi connectivity index (χ4n) is 4.34. The van der Waals surface area contributed by atoms with E-state index in [0.717, 1.165) is 36.3 Å². The summed E-state index contributed by atoms with van der Waals surface area (Å²) < 4.78 is 4.89. The van der Waals surface area contributed by atoms with Gasteiger partial charge in [0.1, 0.15) is 5.69 Å². The first-order valence-electron chi connectivity index (χ1n) is 10.1. The maximum Gasteiger partial charge on any atom is 0.319 e. The summed E-state index contributed by atoms with van der Waals surface area (Å²) in [6.07, 6.45) is 5.11. The molecule has 0 aliphatic carbocycles. The Bertz CT molecular complexity index is 1160. The van der Waals surface area contributed by atoms with Crippen LogP contribution in [0, 0.1) is 0 Å². The summed E-state index contributed by atoms with van der Waals surface area (Å²) >= 11 is 0. The van der Waals surface area contributed by atoms with E-state index in [1.165, 1.54) is 29.4 Å². The highest BCUT2D eigenvalue weighted by Crippen LogP contribution is 2.35. The van der Waals surface area contributed by atoms with E-state index in [9.17, 15) is 0 Å². The molecule has 7 heteroatoms. The molecule has 1 saturated heterocycles. The van der Waals surface area contributed by atoms with Gasteiger partial charge in [0.2, 0.25) is 5.82 Å². The SMILES string of the molecule is CCc1c(-c2ccnc(-c3noc(N)n3)c2)[nH]c2ccc(C3CCNCC3)cc12. The number of nitrogen functional groups attached to an aromatic ring is 1. The minimum absolute atomic E-state index is 0.0394. The average Bonchev–Trinajstić information content (AvgIpc) is 3.37. The number of rotatable bonds is 4. The highest BCUT2D eigenvalue weighted by molar-refractivity contribution is 5.91. The summed E-state index contributed by atoms with van der Waals surface area (Å²) in [6, 6.07) is 10.9. The van der Waals surface area contributed by atoms with E-state index in [0.29, 0.717) is 17.4 Å². The molecule has 0 unspecified atom stereocenters. The van der Waals surface area contributed by atoms with Crippen LogP contribution in [0.3, 0.4) is 0 Å². The van der Waals surface area contributed by atoms with E-state index in [1.807, 2.05) is 12.1 Å². The Morgan fingerprint density at radius 3 is 2.79 bits per heavy atom. The zero-order chi connectivity index (χ0) is 19.8. The van der Waals surface area contributed by atoms with Gasteiger partial charge in [0.15, 0.2) is 0 Å². The van der Waals surface area contributed by atoms with Gasteiger partial charge in [-0.15, -0.1) is 0 Å². The number of benzene rings is 1. The van der Waals surface area contributed by atoms with Crippen LogP contribution in [0.1, 0.15) is 36.8 Å². The Morgan fingerprint density at radius 2 is 2.03 bits per heavy atom. The maximum atomic E-state index is 5.56. The summed E-state index contributed by atoms with van der Waals surface area (Å²) in [5.74, 6) is 1.03. The number of fused-ring (bicyclic) bond motifs is 1. The van der Waals surface area contributed by atoms with Gasteiger partial charge < -0.3 is 20.6 Å². The van der Waals surface area contributed by atoms with Gasteiger partial charge in [-0.3, -0.25) is 4.98 Å². The molecule has 148 valence electrons. The van der Waals surface area contributed by atoms with Crippen molar-refractivity contribution in [3.63, 3.8) is 0 Å². The largest absolute Gasteiger partial charge is 0.354 e. The number of nitrogens with zero attached hydrogens (tertiary/aromatic N) is 3. The summed E-state index contributed by atoms with van der Waals surface area (Å²) in [6.45, 7) is 4.40. The number of aryl methyl sites for hydroxylation is 1. The molecule has 1 aliphatic rings. The number of hydrogen-bond acceptors (Lipinski definition) is 6. The predicted octanol–water partition coefficient (Wildman–Crippen LogP) is 3.89. The third kappa shape index (κ3) is 3.27. The minimum Gasteiger partial charge on any atom is -0.354 e. The molecule has 0 spiro atoms. The molecule has 0 atom stereocenters. The summed E-state index contributed by atoms with van der Waals surface area (Å²) in [5.41, 5.74) is 12.3. The minimum atomic E-state index is 0.0394. The van der Waals surface area contributed by atoms with Gasteiger partial charge in [-0.1, -0.05) is 18.1 Å². The molecule has 4 aromatic rings. The van der Waals surface area contributed by atoms with Crippen LogP contribution in [0.15, 0.2) is 41.1 Å². The van der Waals surface area contributed by atoms with E-state index in [2.05, 4.69) is 50.5 Å². The zero-order valence-corrected chi connectivity index (χ0v) is 16.4. The van der Waals surface area contributed by atoms with E-state index >= 15 is 0 Å². The number of nitrogens with one attached hydrogen (secondary N) is 2. The first-order chi connectivity index (χ1) is 14.2. The zero-order valence-electron chi connectivity index (χ0n) is 16.4. The number of aromatic amines is 1. The highest BCUT2D eigenvalue weighted by atomic mass is 16.5. The molecule has 7 nitrogen and oxygen atoms in total. The Labute approximate surface area is 168 Å². The molecule has 29 heavy (non-hydrogen) atoms. The number of nitrogens with two attached hydrogens (primary N) is 1. The molecule has 0 bridgehead atoms. The Balaban J connectivity index is 1.58. The van der Waals surface area contributed by atoms with Gasteiger partial charge >= 0.3 is 6.01 Å². The van der Waals surface area contributed by atoms with Crippen LogP contribution in [0.5, 0.6) is 0 Å². The second kappa shape index (κ2) is 7.33. The second-order valence-corrected chi connectivity index (χ2v) is 7.55. The normalized spacial score (nSPS) is 15.2. The summed E-state index contributed by atoms with van der Waals surface area (Å²) in [4.78, 5) is 12.1. The van der Waals surface area contributed by atoms with Crippen LogP contribution in [-0.4, -0.2) is 33.2 Å². The highest BCUT2D eigenvalue weighted by Gasteiger charge is 2.18. The van der Waals surface area contributed by atoms with Crippen molar-refractivity contribution < 1.29 is 4.52 Å². The van der Waals surface area contributed by atoms with Crippen LogP contribution in [0.25, 0.3) is 33.7 Å². The average molecular weight is 388 g/mol. The van der Waals surface area contributed by atoms with Crippen molar-refractivity contribution in [2.24, 2.45) is 0 Å². The first-order valence-corrected chi connectivity index (χ1v) is 10.1. The number of hydrogen-bond donors (Lipinski definition) is 3. The molecule has 0 saturated carbocycles. The lowest BCUT2D eigenvalue weighted by molar-refractivity contribution is 0.436. The molecule has 1 aliphatic heterocycles. The summed E-state index contributed by atoms with van der Waals surface area (Å²) in [7, 11) is 0. The molecule has 3 aromatic heterocycles. The van der Waals surface area contributed by atoms with E-state index < -0.39 is 0 Å². The van der Waals surface area contributed by atoms with E-state index in [-0.39, 0.29) is 6.01 Å². The van der Waals surface area contributed by atoms with Crippen LogP contribution >= 0.6 is 0 Å². The fourth-order valence-corrected chi connectivity index (χ4v) is 4.34. The number of piperidine rings is 1. The lowest BCUT2D eigenvalue weighted by Gasteiger charge is -2.23. The van der Waals surface area contributed by atoms with Crippen molar-refractivity contribution in [2.75, 3.05) is 18.8 Å². The van der Waals surface area contributed by atoms with Crippen molar-refractivity contribution in [1.82, 2.24) is 25.4 Å². The third-order valence-electron chi connectivity index (χ3n) is 5.81. The van der Waals surface area contributed by atoms with Gasteiger partial charge in [0, 0.05) is 28.4 Å². The van der Waals surface area contributed by atoms with E-state index in [1.54, 1.807) is 6.20 Å². The fraction of sp³-hybridized carbons (Fsp3) is 0.318. The molecular weight excluding hydrogens is 364 g/mol. The lowest BCUT2D eigenvalue weighted by Crippen LogP contribution is -2.26. The molecule has 1 aromatic carbocycles. The third-order valence-corrected chi connectivity index (χ3v) is 5.81. The van der Waals surface area contributed by atoms with Gasteiger partial charge in [-0.05, 0) is 73.7 Å². The molecule has 0 amide bonds. The summed E-state index contributed by atoms with van der Waals surface area (Å²) in [5, 5.41) is 8.64. The van der Waals surface area contributed by atoms with Crippen molar-refractivity contribution in [1.29, 1.82) is 0 Å². The Kier molecular flexibility index (Phi) is 4.52. The number of pyridine rings is 1. The van der Waals surface area contributed by atoms with Gasteiger partial charge in [-0.25, -0.2) is 0 Å². The van der Waals surface area contributed by atoms with Crippen molar-refractivity contribution >= 4 is 16.9 Å². The van der Waals surface area contributed by atoms with Crippen LogP contribution in [-0.2, 0) is 6.42 Å². The second-order valence-electron chi connectivity index (χ2n) is 7.55. The Hall–Kier alpha value is -3.19. The molecule has 1 fully saturated rings. The Morgan fingerprint density at radius 1 is 1.17 bits per heavy atom. The quantitative estimate of drug-likeness (QED) is 0.490. The molecule has 0 radical (unpaired) electrons. The predicted molar refractivity (Wildman–Crippen MR) is 113 cm³/mol. The standard InChI is InChI=1S/C22H24N6O/c1-2-16-17-11-14(13-5-8-24-9-6-13)3-4-18(17)26-20(16)15-7-10-25-19(12-15)21-27-22(23)29-28-21/h3-4,7,10-13,24,26H,2,5-6,8-9H2,1H3,(H2,23,27,28). The van der Waals surface area contributed by atoms with E-state index in [4.69, 9.17) is 10.3 Å². The van der Waals surface area contributed by atoms with Gasteiger partial charge in [0.05, 0.1) is 0 Å². The van der Waals surface area contributed by atoms with Crippen molar-refractivity contribution in [3.05, 3.63) is 47.7 Å². The topological polar surface area (TPSA) is 106 Å². The van der Waals surface area contributed by atoms with Gasteiger partial charge in [-0.2, -0.15) is 4.98 Å². The first kappa shape index (κ1) is 17.9.